The molecule has 1 saturated carbocycles. The Kier molecular flexibility index (Phi) is 5.05. The van der Waals surface area contributed by atoms with Gasteiger partial charge in [-0.25, -0.2) is 13.2 Å². The van der Waals surface area contributed by atoms with Gasteiger partial charge in [0.15, 0.2) is 0 Å². The molecule has 2 aliphatic rings. The minimum absolute atomic E-state index is 0.211. The molecule has 1 saturated heterocycles. The molecular weight excluding hydrogens is 346 g/mol. The molecular formula is C16H23N3O5S. The molecule has 25 heavy (non-hydrogen) atoms. The summed E-state index contributed by atoms with van der Waals surface area (Å²) in [6.45, 7) is 1.43. The van der Waals surface area contributed by atoms with Crippen LogP contribution in [0, 0.1) is 0 Å². The molecule has 0 aromatic heterocycles. The Labute approximate surface area is 147 Å². The zero-order valence-electron chi connectivity index (χ0n) is 14.4. The van der Waals surface area contributed by atoms with E-state index in [1.54, 1.807) is 37.3 Å². The van der Waals surface area contributed by atoms with Crippen molar-refractivity contribution < 1.29 is 22.7 Å². The summed E-state index contributed by atoms with van der Waals surface area (Å²) in [5.74, 6) is 1.16. The van der Waals surface area contributed by atoms with E-state index in [4.69, 9.17) is 9.47 Å². The number of carbonyl (C=O) groups excluding carboxylic acids is 1. The highest BCUT2D eigenvalue weighted by Gasteiger charge is 2.41. The van der Waals surface area contributed by atoms with Gasteiger partial charge in [-0.2, -0.15) is 4.31 Å². The number of rotatable bonds is 5. The number of piperazine rings is 1. The van der Waals surface area contributed by atoms with Crippen molar-refractivity contribution in [2.45, 2.75) is 18.1 Å². The average molecular weight is 369 g/mol. The third-order valence-corrected chi connectivity index (χ3v) is 6.83. The number of sulfonamides is 1. The van der Waals surface area contributed by atoms with Crippen LogP contribution in [-0.2, 0) is 10.0 Å². The van der Waals surface area contributed by atoms with Crippen LogP contribution in [-0.4, -0.2) is 69.3 Å². The third kappa shape index (κ3) is 3.98. The van der Waals surface area contributed by atoms with Crippen molar-refractivity contribution in [1.82, 2.24) is 9.21 Å². The smallest absolute Gasteiger partial charge is 0.321 e. The molecule has 0 atom stereocenters. The second-order valence-corrected chi connectivity index (χ2v) is 8.37. The fourth-order valence-corrected chi connectivity index (χ4v) is 4.63. The molecule has 1 aliphatic carbocycles. The molecule has 1 aliphatic heterocycles. The Hall–Kier alpha value is -2.00. The van der Waals surface area contributed by atoms with Gasteiger partial charge in [-0.15, -0.1) is 0 Å². The summed E-state index contributed by atoms with van der Waals surface area (Å²) in [7, 11) is -0.0898. The molecule has 138 valence electrons. The zero-order chi connectivity index (χ0) is 18.0. The molecule has 8 nitrogen and oxygen atoms in total. The highest BCUT2D eigenvalue weighted by molar-refractivity contribution is 7.90. The van der Waals surface area contributed by atoms with E-state index in [0.29, 0.717) is 43.4 Å². The number of hydrogen-bond acceptors (Lipinski definition) is 5. The van der Waals surface area contributed by atoms with Crippen LogP contribution >= 0.6 is 0 Å². The van der Waals surface area contributed by atoms with Crippen molar-refractivity contribution in [1.29, 1.82) is 0 Å². The summed E-state index contributed by atoms with van der Waals surface area (Å²) in [6.07, 6.45) is 1.50. The fourth-order valence-electron chi connectivity index (χ4n) is 2.80. The van der Waals surface area contributed by atoms with Crippen molar-refractivity contribution in [3.8, 4) is 11.5 Å². The number of hydrogen-bond donors (Lipinski definition) is 1. The Morgan fingerprint density at radius 2 is 1.60 bits per heavy atom. The number of nitrogens with zero attached hydrogens (tertiary/aromatic N) is 2. The molecule has 0 bridgehead atoms. The minimum Gasteiger partial charge on any atom is -0.497 e. The predicted molar refractivity (Wildman–Crippen MR) is 93.7 cm³/mol. The molecule has 0 radical (unpaired) electrons. The largest absolute Gasteiger partial charge is 0.497 e. The first kappa shape index (κ1) is 17.8. The van der Waals surface area contributed by atoms with Crippen molar-refractivity contribution in [2.75, 3.05) is 45.7 Å². The summed E-state index contributed by atoms with van der Waals surface area (Å²) in [6, 6.07) is 4.86. The van der Waals surface area contributed by atoms with Crippen molar-refractivity contribution in [3.05, 3.63) is 18.2 Å². The molecule has 3 rings (SSSR count). The standard InChI is InChI=1S/C16H23N3O5S/c1-23-13-9-12(10-14(11-13)24-2)17-16(20)18-5-7-19(8-6-18)25(21,22)15-3-4-15/h9-11,15H,3-8H2,1-2H3,(H,17,20). The lowest BCUT2D eigenvalue weighted by Crippen LogP contribution is -2.52. The van der Waals surface area contributed by atoms with E-state index in [1.165, 1.54) is 4.31 Å². The fraction of sp³-hybridized carbons (Fsp3) is 0.562. The zero-order valence-corrected chi connectivity index (χ0v) is 15.2. The Morgan fingerprint density at radius 3 is 2.08 bits per heavy atom. The van der Waals surface area contributed by atoms with Gasteiger partial charge in [-0.05, 0) is 12.8 Å². The number of ether oxygens (including phenoxy) is 2. The molecule has 2 amide bonds. The van der Waals surface area contributed by atoms with Gasteiger partial charge in [0.2, 0.25) is 10.0 Å². The molecule has 2 fully saturated rings. The molecule has 1 aromatic carbocycles. The molecule has 0 unspecified atom stereocenters. The lowest BCUT2D eigenvalue weighted by molar-refractivity contribution is 0.184. The maximum absolute atomic E-state index is 12.4. The lowest BCUT2D eigenvalue weighted by Gasteiger charge is -2.34. The molecule has 9 heteroatoms. The van der Waals surface area contributed by atoms with Gasteiger partial charge in [-0.1, -0.05) is 0 Å². The number of benzene rings is 1. The van der Waals surface area contributed by atoms with Gasteiger partial charge in [0.1, 0.15) is 11.5 Å². The van der Waals surface area contributed by atoms with Crippen LogP contribution in [0.25, 0.3) is 0 Å². The molecule has 1 N–H and O–H groups in total. The van der Waals surface area contributed by atoms with E-state index in [2.05, 4.69) is 5.32 Å². The van der Waals surface area contributed by atoms with E-state index in [0.717, 1.165) is 12.8 Å². The van der Waals surface area contributed by atoms with Gasteiger partial charge in [0.05, 0.1) is 19.5 Å². The number of anilines is 1. The number of carbonyl (C=O) groups is 1. The van der Waals surface area contributed by atoms with Gasteiger partial charge in [0.25, 0.3) is 0 Å². The van der Waals surface area contributed by atoms with Crippen LogP contribution in [0.5, 0.6) is 11.5 Å². The number of amides is 2. The Morgan fingerprint density at radius 1 is 1.04 bits per heavy atom. The van der Waals surface area contributed by atoms with Crippen LogP contribution in [0.15, 0.2) is 18.2 Å². The first-order chi connectivity index (χ1) is 11.9. The van der Waals surface area contributed by atoms with E-state index >= 15 is 0 Å². The summed E-state index contributed by atoms with van der Waals surface area (Å²) in [5, 5.41) is 2.60. The average Bonchev–Trinajstić information content (AvgIpc) is 3.47. The summed E-state index contributed by atoms with van der Waals surface area (Å²) in [5.41, 5.74) is 0.564. The Bertz CT molecular complexity index is 718. The SMILES string of the molecule is COc1cc(NC(=O)N2CCN(S(=O)(=O)C3CC3)CC2)cc(OC)c1. The lowest BCUT2D eigenvalue weighted by atomic mass is 10.2. The van der Waals surface area contributed by atoms with E-state index in [1.807, 2.05) is 0 Å². The molecule has 0 spiro atoms. The van der Waals surface area contributed by atoms with Crippen molar-refractivity contribution >= 4 is 21.7 Å². The van der Waals surface area contributed by atoms with Crippen LogP contribution in [0.4, 0.5) is 10.5 Å². The summed E-state index contributed by atoms with van der Waals surface area (Å²) >= 11 is 0. The highest BCUT2D eigenvalue weighted by atomic mass is 32.2. The normalized spacial score (nSPS) is 18.7. The topological polar surface area (TPSA) is 88.2 Å². The summed E-state index contributed by atoms with van der Waals surface area (Å²) in [4.78, 5) is 14.1. The maximum atomic E-state index is 12.4. The number of nitrogens with one attached hydrogen (secondary N) is 1. The van der Waals surface area contributed by atoms with Crippen molar-refractivity contribution in [2.24, 2.45) is 0 Å². The highest BCUT2D eigenvalue weighted by Crippen LogP contribution is 2.31. The number of urea groups is 1. The van der Waals surface area contributed by atoms with E-state index < -0.39 is 10.0 Å². The predicted octanol–water partition coefficient (Wildman–Crippen LogP) is 1.35. The maximum Gasteiger partial charge on any atom is 0.321 e. The van der Waals surface area contributed by atoms with E-state index in [9.17, 15) is 13.2 Å². The minimum atomic E-state index is -3.17. The molecule has 1 aromatic rings. The van der Waals surface area contributed by atoms with Gasteiger partial charge < -0.3 is 19.7 Å². The van der Waals surface area contributed by atoms with Gasteiger partial charge in [0, 0.05) is 50.1 Å². The van der Waals surface area contributed by atoms with Gasteiger partial charge in [-0.3, -0.25) is 0 Å². The molecule has 1 heterocycles. The first-order valence-electron chi connectivity index (χ1n) is 8.22. The Balaban J connectivity index is 1.60. The monoisotopic (exact) mass is 369 g/mol. The summed E-state index contributed by atoms with van der Waals surface area (Å²) < 4.78 is 36.3. The third-order valence-electron chi connectivity index (χ3n) is 4.43. The van der Waals surface area contributed by atoms with Crippen LogP contribution in [0.3, 0.4) is 0 Å². The van der Waals surface area contributed by atoms with Crippen LogP contribution in [0.2, 0.25) is 0 Å². The van der Waals surface area contributed by atoms with Crippen LogP contribution in [0.1, 0.15) is 12.8 Å². The quantitative estimate of drug-likeness (QED) is 0.846. The van der Waals surface area contributed by atoms with Crippen molar-refractivity contribution in [3.63, 3.8) is 0 Å². The van der Waals surface area contributed by atoms with Gasteiger partial charge >= 0.3 is 6.03 Å². The van der Waals surface area contributed by atoms with E-state index in [-0.39, 0.29) is 11.3 Å². The number of methoxy groups -OCH3 is 2. The van der Waals surface area contributed by atoms with Crippen LogP contribution < -0.4 is 14.8 Å². The second kappa shape index (κ2) is 7.09. The second-order valence-electron chi connectivity index (χ2n) is 6.16. The first-order valence-corrected chi connectivity index (χ1v) is 9.72.